The Morgan fingerprint density at radius 3 is 2.23 bits per heavy atom. The summed E-state index contributed by atoms with van der Waals surface area (Å²) in [5, 5.41) is 5.00. The Bertz CT molecular complexity index is 805. The summed E-state index contributed by atoms with van der Waals surface area (Å²) in [4.78, 5) is 51.2. The van der Waals surface area contributed by atoms with Gasteiger partial charge in [0.1, 0.15) is 24.7 Å². The molecule has 0 saturated heterocycles. The van der Waals surface area contributed by atoms with E-state index in [2.05, 4.69) is 15.4 Å². The average Bonchev–Trinajstić information content (AvgIpc) is 3.43. The minimum atomic E-state index is -0.950. The van der Waals surface area contributed by atoms with Crippen molar-refractivity contribution in [1.29, 1.82) is 0 Å². The van der Waals surface area contributed by atoms with Crippen LogP contribution in [-0.4, -0.2) is 60.6 Å². The summed E-state index contributed by atoms with van der Waals surface area (Å²) in [5.74, 6) is -1.29. The van der Waals surface area contributed by atoms with E-state index in [-0.39, 0.29) is 25.0 Å². The number of benzene rings is 1. The molecule has 1 aliphatic carbocycles. The molecule has 9 heteroatoms. The molecule has 31 heavy (non-hydrogen) atoms. The van der Waals surface area contributed by atoms with Crippen LogP contribution in [0, 0.1) is 5.92 Å². The predicted octanol–water partition coefficient (Wildman–Crippen LogP) is 1.78. The van der Waals surface area contributed by atoms with Gasteiger partial charge in [0.2, 0.25) is 11.8 Å². The number of ether oxygens (including phenoxy) is 2. The molecular formula is C22H31N3O6. The molecule has 1 saturated carbocycles. The third-order valence-electron chi connectivity index (χ3n) is 4.77. The van der Waals surface area contributed by atoms with Crippen LogP contribution in [-0.2, 0) is 23.9 Å². The molecule has 0 heterocycles. The van der Waals surface area contributed by atoms with Gasteiger partial charge in [-0.15, -0.1) is 0 Å². The fraction of sp³-hybridized carbons (Fsp3) is 0.545. The molecule has 0 spiro atoms. The summed E-state index contributed by atoms with van der Waals surface area (Å²) in [6.45, 7) is 6.54. The molecule has 170 valence electrons. The number of methoxy groups -OCH3 is 1. The summed E-state index contributed by atoms with van der Waals surface area (Å²) in [7, 11) is 1.23. The van der Waals surface area contributed by atoms with Gasteiger partial charge in [-0.3, -0.25) is 14.4 Å². The number of nitrogens with zero attached hydrogens (tertiary/aromatic N) is 1. The summed E-state index contributed by atoms with van der Waals surface area (Å²) >= 11 is 0. The Hall–Kier alpha value is -3.10. The highest BCUT2D eigenvalue weighted by molar-refractivity contribution is 5.92. The highest BCUT2D eigenvalue weighted by Crippen LogP contribution is 2.40. The molecule has 9 nitrogen and oxygen atoms in total. The largest absolute Gasteiger partial charge is 0.468 e. The normalized spacial score (nSPS) is 18.4. The van der Waals surface area contributed by atoms with E-state index < -0.39 is 35.5 Å². The number of alkyl carbamates (subject to hydrolysis) is 1. The minimum Gasteiger partial charge on any atom is -0.468 e. The highest BCUT2D eigenvalue weighted by atomic mass is 16.6. The maximum atomic E-state index is 13.1. The van der Waals surface area contributed by atoms with E-state index in [4.69, 9.17) is 4.74 Å². The van der Waals surface area contributed by atoms with Gasteiger partial charge < -0.3 is 25.0 Å². The van der Waals surface area contributed by atoms with E-state index in [9.17, 15) is 19.2 Å². The molecule has 0 aliphatic heterocycles. The van der Waals surface area contributed by atoms with Crippen molar-refractivity contribution in [1.82, 2.24) is 15.5 Å². The van der Waals surface area contributed by atoms with E-state index >= 15 is 0 Å². The monoisotopic (exact) mass is 433 g/mol. The van der Waals surface area contributed by atoms with Crippen LogP contribution < -0.4 is 10.6 Å². The van der Waals surface area contributed by atoms with Crippen LogP contribution in [0.25, 0.3) is 0 Å². The smallest absolute Gasteiger partial charge is 0.408 e. The lowest BCUT2D eigenvalue weighted by molar-refractivity contribution is -0.144. The molecule has 1 aliphatic rings. The van der Waals surface area contributed by atoms with Gasteiger partial charge in [-0.1, -0.05) is 37.3 Å². The second-order valence-electron chi connectivity index (χ2n) is 8.54. The van der Waals surface area contributed by atoms with Gasteiger partial charge in [0, 0.05) is 6.04 Å². The number of hydrogen-bond donors (Lipinski definition) is 2. The number of rotatable bonds is 8. The zero-order chi connectivity index (χ0) is 23.2. The predicted molar refractivity (Wildman–Crippen MR) is 113 cm³/mol. The van der Waals surface area contributed by atoms with Crippen molar-refractivity contribution in [2.75, 3.05) is 20.2 Å². The lowest BCUT2D eigenvalue weighted by Gasteiger charge is -2.32. The lowest BCUT2D eigenvalue weighted by Crippen LogP contribution is -2.49. The van der Waals surface area contributed by atoms with Crippen molar-refractivity contribution in [2.45, 2.75) is 51.8 Å². The number of esters is 1. The SMILES string of the molecule is COC(=O)CNC(=O)C(c1ccccc1)N(C(=O)CNC(=O)OC(C)(C)C)C1CC1C. The summed E-state index contributed by atoms with van der Waals surface area (Å²) < 4.78 is 9.76. The van der Waals surface area contributed by atoms with E-state index in [0.29, 0.717) is 5.56 Å². The standard InChI is InChI=1S/C22H31N3O6/c1-14-11-16(14)25(17(26)12-24-21(29)31-22(2,3)4)19(15-9-7-6-8-10-15)20(28)23-13-18(27)30-5/h6-10,14,16,19H,11-13H2,1-5H3,(H,23,28)(H,24,29). The van der Waals surface area contributed by atoms with Crippen molar-refractivity contribution in [3.05, 3.63) is 35.9 Å². The van der Waals surface area contributed by atoms with E-state index in [0.717, 1.165) is 6.42 Å². The van der Waals surface area contributed by atoms with Crippen LogP contribution in [0.3, 0.4) is 0 Å². The molecule has 3 amide bonds. The Labute approximate surface area is 182 Å². The van der Waals surface area contributed by atoms with Gasteiger partial charge in [-0.25, -0.2) is 4.79 Å². The van der Waals surface area contributed by atoms with Crippen LogP contribution in [0.4, 0.5) is 4.79 Å². The number of nitrogens with one attached hydrogen (secondary N) is 2. The number of carbonyl (C=O) groups is 4. The molecule has 0 aromatic heterocycles. The molecule has 2 rings (SSSR count). The van der Waals surface area contributed by atoms with Crippen molar-refractivity contribution < 1.29 is 28.7 Å². The highest BCUT2D eigenvalue weighted by Gasteiger charge is 2.46. The van der Waals surface area contributed by atoms with Crippen molar-refractivity contribution in [2.24, 2.45) is 5.92 Å². The Morgan fingerprint density at radius 2 is 1.71 bits per heavy atom. The first-order valence-electron chi connectivity index (χ1n) is 10.2. The van der Waals surface area contributed by atoms with Gasteiger partial charge in [0.25, 0.3) is 0 Å². The van der Waals surface area contributed by atoms with Crippen LogP contribution >= 0.6 is 0 Å². The molecule has 3 atom stereocenters. The first kappa shape index (κ1) is 24.2. The first-order valence-corrected chi connectivity index (χ1v) is 10.2. The minimum absolute atomic E-state index is 0.151. The first-order chi connectivity index (χ1) is 14.5. The second-order valence-corrected chi connectivity index (χ2v) is 8.54. The molecule has 3 unspecified atom stereocenters. The Balaban J connectivity index is 2.23. The van der Waals surface area contributed by atoms with Gasteiger partial charge in [0.05, 0.1) is 7.11 Å². The maximum Gasteiger partial charge on any atom is 0.408 e. The number of amides is 3. The third-order valence-corrected chi connectivity index (χ3v) is 4.77. The fourth-order valence-electron chi connectivity index (χ4n) is 3.17. The van der Waals surface area contributed by atoms with E-state index in [1.807, 2.05) is 13.0 Å². The van der Waals surface area contributed by atoms with Crippen molar-refractivity contribution in [3.63, 3.8) is 0 Å². The van der Waals surface area contributed by atoms with Crippen LogP contribution in [0.2, 0.25) is 0 Å². The topological polar surface area (TPSA) is 114 Å². The molecule has 1 fully saturated rings. The van der Waals surface area contributed by atoms with Crippen LogP contribution in [0.15, 0.2) is 30.3 Å². The van der Waals surface area contributed by atoms with Crippen LogP contribution in [0.1, 0.15) is 45.7 Å². The van der Waals surface area contributed by atoms with Gasteiger partial charge >= 0.3 is 12.1 Å². The number of hydrogen-bond acceptors (Lipinski definition) is 6. The maximum absolute atomic E-state index is 13.1. The Morgan fingerprint density at radius 1 is 1.10 bits per heavy atom. The van der Waals surface area contributed by atoms with Gasteiger partial charge in [-0.05, 0) is 38.7 Å². The fourth-order valence-corrected chi connectivity index (χ4v) is 3.17. The third kappa shape index (κ3) is 7.27. The zero-order valence-corrected chi connectivity index (χ0v) is 18.6. The van der Waals surface area contributed by atoms with Crippen molar-refractivity contribution >= 4 is 23.9 Å². The molecular weight excluding hydrogens is 402 g/mol. The summed E-state index contributed by atoms with van der Waals surface area (Å²) in [5.41, 5.74) is -0.0902. The summed E-state index contributed by atoms with van der Waals surface area (Å²) in [6.07, 6.45) is 0.0299. The molecule has 0 radical (unpaired) electrons. The molecule has 1 aromatic rings. The van der Waals surface area contributed by atoms with Crippen molar-refractivity contribution in [3.8, 4) is 0 Å². The quantitative estimate of drug-likeness (QED) is 0.604. The van der Waals surface area contributed by atoms with E-state index in [1.54, 1.807) is 45.0 Å². The molecule has 0 bridgehead atoms. The Kier molecular flexibility index (Phi) is 8.01. The summed E-state index contributed by atoms with van der Waals surface area (Å²) in [6, 6.07) is 7.74. The average molecular weight is 434 g/mol. The lowest BCUT2D eigenvalue weighted by atomic mass is 10.0. The number of carbonyl (C=O) groups excluding carboxylic acids is 4. The second kappa shape index (κ2) is 10.3. The molecule has 2 N–H and O–H groups in total. The zero-order valence-electron chi connectivity index (χ0n) is 18.6. The van der Waals surface area contributed by atoms with E-state index in [1.165, 1.54) is 12.0 Å². The van der Waals surface area contributed by atoms with Crippen LogP contribution in [0.5, 0.6) is 0 Å². The van der Waals surface area contributed by atoms with Gasteiger partial charge in [-0.2, -0.15) is 0 Å². The molecule has 1 aromatic carbocycles. The van der Waals surface area contributed by atoms with Gasteiger partial charge in [0.15, 0.2) is 0 Å².